The molecule has 1 unspecified atom stereocenters. The number of methoxy groups -OCH3 is 1. The van der Waals surface area contributed by atoms with Gasteiger partial charge in [-0.3, -0.25) is 14.2 Å². The van der Waals surface area contributed by atoms with Gasteiger partial charge in [-0.05, 0) is 55.0 Å². The van der Waals surface area contributed by atoms with Crippen LogP contribution in [-0.4, -0.2) is 80.7 Å². The number of carboxylic acids is 1. The third-order valence-electron chi connectivity index (χ3n) is 6.22. The van der Waals surface area contributed by atoms with Gasteiger partial charge in [0.1, 0.15) is 24.1 Å². The predicted octanol–water partition coefficient (Wildman–Crippen LogP) is 1.28. The topological polar surface area (TPSA) is 165 Å². The first-order valence-corrected chi connectivity index (χ1v) is 11.5. The lowest BCUT2D eigenvalue weighted by Crippen LogP contribution is -2.60. The fourth-order valence-corrected chi connectivity index (χ4v) is 4.39. The van der Waals surface area contributed by atoms with E-state index >= 15 is 0 Å². The molecule has 196 valence electrons. The number of ether oxygens (including phenoxy) is 3. The van der Waals surface area contributed by atoms with Crippen LogP contribution in [0.15, 0.2) is 42.5 Å². The zero-order valence-corrected chi connectivity index (χ0v) is 20.5. The first-order chi connectivity index (χ1) is 17.5. The predicted molar refractivity (Wildman–Crippen MR) is 129 cm³/mol. The maximum Gasteiger partial charge on any atom is 0.335 e. The molecule has 0 bridgehead atoms. The summed E-state index contributed by atoms with van der Waals surface area (Å²) in [5.74, 6) is -2.42. The van der Waals surface area contributed by atoms with E-state index < -0.39 is 42.6 Å². The fourth-order valence-electron chi connectivity index (χ4n) is 4.26. The number of carbonyl (C=O) groups is 3. The number of halogens is 1. The van der Waals surface area contributed by atoms with Crippen LogP contribution in [0.25, 0.3) is 10.9 Å². The van der Waals surface area contributed by atoms with Crippen LogP contribution < -0.4 is 4.74 Å². The van der Waals surface area contributed by atoms with E-state index in [1.54, 1.807) is 49.4 Å². The summed E-state index contributed by atoms with van der Waals surface area (Å²) in [6.07, 6.45) is -9.87. The van der Waals surface area contributed by atoms with Crippen molar-refractivity contribution in [2.24, 2.45) is 0 Å². The third-order valence-corrected chi connectivity index (χ3v) is 6.47. The Bertz CT molecular complexity index is 1350. The molecular weight excluding hydrogens is 510 g/mol. The number of carbonyl (C=O) groups excluding carboxylic acids is 2. The van der Waals surface area contributed by atoms with Crippen molar-refractivity contribution in [2.75, 3.05) is 7.11 Å². The van der Waals surface area contributed by atoms with Crippen molar-refractivity contribution in [1.82, 2.24) is 4.57 Å². The third kappa shape index (κ3) is 5.04. The van der Waals surface area contributed by atoms with Crippen molar-refractivity contribution in [1.29, 1.82) is 0 Å². The highest BCUT2D eigenvalue weighted by molar-refractivity contribution is 6.30. The molecule has 0 radical (unpaired) electrons. The van der Waals surface area contributed by atoms with Gasteiger partial charge in [-0.2, -0.15) is 0 Å². The second-order valence-corrected chi connectivity index (χ2v) is 8.93. The molecule has 1 saturated heterocycles. The Morgan fingerprint density at radius 1 is 1.03 bits per heavy atom. The number of aliphatic hydroxyl groups is 3. The molecule has 0 amide bonds. The van der Waals surface area contributed by atoms with E-state index in [0.717, 1.165) is 0 Å². The summed E-state index contributed by atoms with van der Waals surface area (Å²) in [6, 6.07) is 11.3. The summed E-state index contributed by atoms with van der Waals surface area (Å²) in [4.78, 5) is 37.6. The quantitative estimate of drug-likeness (QED) is 0.339. The van der Waals surface area contributed by atoms with Crippen LogP contribution in [0.1, 0.15) is 21.6 Å². The van der Waals surface area contributed by atoms with E-state index in [0.29, 0.717) is 38.5 Å². The molecule has 4 rings (SSSR count). The lowest BCUT2D eigenvalue weighted by molar-refractivity contribution is -0.286. The monoisotopic (exact) mass is 533 g/mol. The van der Waals surface area contributed by atoms with E-state index in [-0.39, 0.29) is 12.3 Å². The number of nitrogens with zero attached hydrogens (tertiary/aromatic N) is 1. The van der Waals surface area contributed by atoms with Gasteiger partial charge < -0.3 is 34.6 Å². The van der Waals surface area contributed by atoms with Crippen LogP contribution in [-0.2, 0) is 25.5 Å². The minimum absolute atomic E-state index is 0.361. The molecule has 0 spiro atoms. The molecule has 12 heteroatoms. The van der Waals surface area contributed by atoms with Gasteiger partial charge >= 0.3 is 11.9 Å². The SMILES string of the molecule is COc1ccc2c(c1)c(CC(=O)O[C@H]1OC(C(=O)O)[C@H](O)[C@@H](O)[C@@H]1O)c(C)n2C(=O)c1ccc(Cl)cc1. The first kappa shape index (κ1) is 26.6. The van der Waals surface area contributed by atoms with Crippen LogP contribution >= 0.6 is 11.6 Å². The second kappa shape index (κ2) is 10.5. The van der Waals surface area contributed by atoms with Gasteiger partial charge in [-0.15, -0.1) is 0 Å². The Hall–Kier alpha value is -3.48. The van der Waals surface area contributed by atoms with Crippen molar-refractivity contribution in [3.05, 3.63) is 64.3 Å². The van der Waals surface area contributed by atoms with E-state index in [4.69, 9.17) is 25.8 Å². The van der Waals surface area contributed by atoms with Crippen molar-refractivity contribution in [3.8, 4) is 5.75 Å². The van der Waals surface area contributed by atoms with Crippen LogP contribution in [0.5, 0.6) is 5.75 Å². The molecule has 4 N–H and O–H groups in total. The molecule has 11 nitrogen and oxygen atoms in total. The summed E-state index contributed by atoms with van der Waals surface area (Å²) < 4.78 is 16.9. The lowest BCUT2D eigenvalue weighted by Gasteiger charge is -2.37. The molecule has 1 aromatic heterocycles. The van der Waals surface area contributed by atoms with Crippen molar-refractivity contribution in [2.45, 2.75) is 44.1 Å². The summed E-state index contributed by atoms with van der Waals surface area (Å²) in [5, 5.41) is 40.1. The van der Waals surface area contributed by atoms with Gasteiger partial charge in [0.05, 0.1) is 19.0 Å². The fraction of sp³-hybridized carbons (Fsp3) is 0.320. The van der Waals surface area contributed by atoms with Crippen LogP contribution in [0.2, 0.25) is 5.02 Å². The number of carboxylic acid groups (broad SMARTS) is 1. The zero-order chi connectivity index (χ0) is 27.0. The number of aliphatic carboxylic acids is 1. The van der Waals surface area contributed by atoms with Crippen molar-refractivity contribution < 1.29 is 49.0 Å². The lowest BCUT2D eigenvalue weighted by atomic mass is 9.99. The summed E-state index contributed by atoms with van der Waals surface area (Å²) >= 11 is 5.94. The van der Waals surface area contributed by atoms with Crippen LogP contribution in [0, 0.1) is 6.92 Å². The van der Waals surface area contributed by atoms with Gasteiger partial charge in [0.15, 0.2) is 6.10 Å². The first-order valence-electron chi connectivity index (χ1n) is 11.1. The summed E-state index contributed by atoms with van der Waals surface area (Å²) in [5.41, 5.74) is 1.71. The Balaban J connectivity index is 1.67. The Morgan fingerprint density at radius 2 is 1.70 bits per heavy atom. The zero-order valence-electron chi connectivity index (χ0n) is 19.7. The number of hydrogen-bond acceptors (Lipinski definition) is 9. The molecule has 0 saturated carbocycles. The van der Waals surface area contributed by atoms with Gasteiger partial charge in [0.2, 0.25) is 6.29 Å². The summed E-state index contributed by atoms with van der Waals surface area (Å²) in [7, 11) is 1.47. The number of esters is 1. The molecule has 1 aliphatic rings. The highest BCUT2D eigenvalue weighted by Crippen LogP contribution is 2.31. The molecule has 1 fully saturated rings. The Morgan fingerprint density at radius 3 is 2.32 bits per heavy atom. The molecule has 1 aliphatic heterocycles. The van der Waals surface area contributed by atoms with Gasteiger partial charge in [-0.25, -0.2) is 4.79 Å². The molecule has 2 heterocycles. The number of benzene rings is 2. The number of aromatic nitrogens is 1. The molecule has 37 heavy (non-hydrogen) atoms. The molecule has 3 aromatic rings. The number of fused-ring (bicyclic) bond motifs is 1. The highest BCUT2D eigenvalue weighted by Gasteiger charge is 2.48. The normalized spacial score (nSPS) is 23.6. The standard InChI is InChI=1S/C25H24ClNO10/c1-11-15(10-18(28)36-25-21(31)19(29)20(30)22(37-25)24(33)34)16-9-14(35-2)7-8-17(16)27(11)23(32)12-3-5-13(26)6-4-12/h3-9,19-22,25,29-31H,10H2,1-2H3,(H,33,34)/t19-,20-,21+,22?,25+/m1/s1. The number of aliphatic hydroxyl groups excluding tert-OH is 3. The molecule has 0 aliphatic carbocycles. The van der Waals surface area contributed by atoms with E-state index in [1.807, 2.05) is 0 Å². The second-order valence-electron chi connectivity index (χ2n) is 8.50. The van der Waals surface area contributed by atoms with E-state index in [2.05, 4.69) is 0 Å². The van der Waals surface area contributed by atoms with Crippen LogP contribution in [0.4, 0.5) is 0 Å². The number of hydrogen-bond donors (Lipinski definition) is 4. The Kier molecular flexibility index (Phi) is 7.53. The minimum atomic E-state index is -1.92. The molecular formula is C25H24ClNO10. The van der Waals surface area contributed by atoms with Crippen molar-refractivity contribution >= 4 is 40.3 Å². The average Bonchev–Trinajstić information content (AvgIpc) is 3.14. The maximum atomic E-state index is 13.4. The van der Waals surface area contributed by atoms with Crippen LogP contribution in [0.3, 0.4) is 0 Å². The smallest absolute Gasteiger partial charge is 0.335 e. The molecule has 2 aromatic carbocycles. The van der Waals surface area contributed by atoms with Gasteiger partial charge in [-0.1, -0.05) is 11.6 Å². The maximum absolute atomic E-state index is 13.4. The highest BCUT2D eigenvalue weighted by atomic mass is 35.5. The van der Waals surface area contributed by atoms with E-state index in [1.165, 1.54) is 11.7 Å². The van der Waals surface area contributed by atoms with Gasteiger partial charge in [0.25, 0.3) is 5.91 Å². The van der Waals surface area contributed by atoms with Gasteiger partial charge in [0, 0.05) is 21.7 Å². The largest absolute Gasteiger partial charge is 0.497 e. The average molecular weight is 534 g/mol. The van der Waals surface area contributed by atoms with E-state index in [9.17, 15) is 34.8 Å². The number of rotatable bonds is 6. The van der Waals surface area contributed by atoms with Crippen molar-refractivity contribution in [3.63, 3.8) is 0 Å². The minimum Gasteiger partial charge on any atom is -0.497 e. The molecule has 5 atom stereocenters. The Labute approximate surface area is 215 Å². The summed E-state index contributed by atoms with van der Waals surface area (Å²) in [6.45, 7) is 1.65.